The highest BCUT2D eigenvalue weighted by Gasteiger charge is 2.13. The largest absolute Gasteiger partial charge is 0.514 e. The summed E-state index contributed by atoms with van der Waals surface area (Å²) in [6, 6.07) is 15.6. The fourth-order valence-corrected chi connectivity index (χ4v) is 2.67. The molecule has 2 aromatic rings. The van der Waals surface area contributed by atoms with Crippen molar-refractivity contribution in [2.45, 2.75) is 58.7 Å². The summed E-state index contributed by atoms with van der Waals surface area (Å²) in [5.41, 5.74) is 1.30. The van der Waals surface area contributed by atoms with Crippen molar-refractivity contribution in [3.05, 3.63) is 65.7 Å². The lowest BCUT2D eigenvalue weighted by molar-refractivity contribution is 0.0319. The Bertz CT molecular complexity index is 724. The van der Waals surface area contributed by atoms with Crippen molar-refractivity contribution in [3.8, 4) is 5.75 Å². The Morgan fingerprint density at radius 1 is 0.929 bits per heavy atom. The number of rotatable bonds is 10. The maximum absolute atomic E-state index is 12.2. The molecule has 0 radical (unpaired) electrons. The zero-order valence-corrected chi connectivity index (χ0v) is 16.6. The molecule has 5 nitrogen and oxygen atoms in total. The van der Waals surface area contributed by atoms with Crippen molar-refractivity contribution in [2.24, 2.45) is 0 Å². The minimum absolute atomic E-state index is 0.117. The van der Waals surface area contributed by atoms with E-state index in [0.29, 0.717) is 11.3 Å². The molecule has 0 amide bonds. The van der Waals surface area contributed by atoms with Gasteiger partial charge >= 0.3 is 12.1 Å². The van der Waals surface area contributed by atoms with E-state index in [1.807, 2.05) is 37.3 Å². The summed E-state index contributed by atoms with van der Waals surface area (Å²) < 4.78 is 15.6. The van der Waals surface area contributed by atoms with Gasteiger partial charge in [0, 0.05) is 0 Å². The van der Waals surface area contributed by atoms with Crippen molar-refractivity contribution in [2.75, 3.05) is 0 Å². The van der Waals surface area contributed by atoms with Gasteiger partial charge in [0.25, 0.3) is 0 Å². The normalized spacial score (nSPS) is 11.5. The van der Waals surface area contributed by atoms with Crippen LogP contribution in [-0.4, -0.2) is 18.2 Å². The first-order valence-electron chi connectivity index (χ1n) is 9.78. The van der Waals surface area contributed by atoms with E-state index in [-0.39, 0.29) is 18.7 Å². The van der Waals surface area contributed by atoms with Crippen LogP contribution in [0.15, 0.2) is 54.6 Å². The van der Waals surface area contributed by atoms with Gasteiger partial charge < -0.3 is 14.2 Å². The van der Waals surface area contributed by atoms with Crippen LogP contribution in [0.25, 0.3) is 0 Å². The molecule has 0 saturated heterocycles. The van der Waals surface area contributed by atoms with E-state index in [2.05, 4.69) is 6.92 Å². The summed E-state index contributed by atoms with van der Waals surface area (Å²) in [5.74, 6) is -0.0663. The SMILES string of the molecule is CCCCCCC(C)OC(=O)c1ccc(OC(=O)OCc2ccccc2)cc1. The molecule has 5 heteroatoms. The summed E-state index contributed by atoms with van der Waals surface area (Å²) in [7, 11) is 0. The fourth-order valence-electron chi connectivity index (χ4n) is 2.67. The lowest BCUT2D eigenvalue weighted by atomic mass is 10.1. The van der Waals surface area contributed by atoms with Crippen LogP contribution in [0.4, 0.5) is 4.79 Å². The molecule has 0 saturated carbocycles. The second-order valence-electron chi connectivity index (χ2n) is 6.72. The molecule has 0 fully saturated rings. The van der Waals surface area contributed by atoms with Gasteiger partial charge in [0.05, 0.1) is 11.7 Å². The molecular weight excluding hydrogens is 356 g/mol. The van der Waals surface area contributed by atoms with Crippen LogP contribution >= 0.6 is 0 Å². The second-order valence-corrected chi connectivity index (χ2v) is 6.72. The molecule has 2 aromatic carbocycles. The summed E-state index contributed by atoms with van der Waals surface area (Å²) >= 11 is 0. The quantitative estimate of drug-likeness (QED) is 0.289. The van der Waals surface area contributed by atoms with Gasteiger partial charge in [0.15, 0.2) is 0 Å². The van der Waals surface area contributed by atoms with Gasteiger partial charge in [-0.2, -0.15) is 0 Å². The van der Waals surface area contributed by atoms with Crippen LogP contribution in [0.5, 0.6) is 5.75 Å². The van der Waals surface area contributed by atoms with Crippen LogP contribution in [0.1, 0.15) is 61.9 Å². The Morgan fingerprint density at radius 2 is 1.64 bits per heavy atom. The number of unbranched alkanes of at least 4 members (excludes halogenated alkanes) is 3. The average Bonchev–Trinajstić information content (AvgIpc) is 2.71. The highest BCUT2D eigenvalue weighted by Crippen LogP contribution is 2.16. The van der Waals surface area contributed by atoms with Gasteiger partial charge in [0.2, 0.25) is 0 Å². The predicted molar refractivity (Wildman–Crippen MR) is 107 cm³/mol. The average molecular weight is 384 g/mol. The van der Waals surface area contributed by atoms with Crippen LogP contribution in [-0.2, 0) is 16.1 Å². The third-order valence-corrected chi connectivity index (χ3v) is 4.26. The molecule has 0 heterocycles. The lowest BCUT2D eigenvalue weighted by Crippen LogP contribution is -2.15. The van der Waals surface area contributed by atoms with Gasteiger partial charge in [0.1, 0.15) is 12.4 Å². The molecule has 0 aliphatic heterocycles. The molecule has 28 heavy (non-hydrogen) atoms. The summed E-state index contributed by atoms with van der Waals surface area (Å²) in [6.07, 6.45) is 4.55. The van der Waals surface area contributed by atoms with Gasteiger partial charge in [-0.05, 0) is 49.6 Å². The van der Waals surface area contributed by atoms with Gasteiger partial charge in [-0.3, -0.25) is 0 Å². The molecule has 1 unspecified atom stereocenters. The molecule has 0 N–H and O–H groups in total. The number of benzene rings is 2. The van der Waals surface area contributed by atoms with Crippen molar-refractivity contribution >= 4 is 12.1 Å². The van der Waals surface area contributed by atoms with Crippen molar-refractivity contribution < 1.29 is 23.8 Å². The zero-order valence-electron chi connectivity index (χ0n) is 16.6. The van der Waals surface area contributed by atoms with Gasteiger partial charge in [-0.25, -0.2) is 9.59 Å². The molecule has 0 bridgehead atoms. The summed E-state index contributed by atoms with van der Waals surface area (Å²) in [4.78, 5) is 23.9. The number of esters is 1. The van der Waals surface area contributed by atoms with E-state index in [1.165, 1.54) is 12.8 Å². The van der Waals surface area contributed by atoms with Crippen molar-refractivity contribution in [3.63, 3.8) is 0 Å². The topological polar surface area (TPSA) is 61.8 Å². The second kappa shape index (κ2) is 11.8. The maximum atomic E-state index is 12.2. The maximum Gasteiger partial charge on any atom is 0.514 e. The molecule has 2 rings (SSSR count). The Morgan fingerprint density at radius 3 is 2.32 bits per heavy atom. The van der Waals surface area contributed by atoms with Gasteiger partial charge in [-0.15, -0.1) is 0 Å². The number of hydrogen-bond donors (Lipinski definition) is 0. The highest BCUT2D eigenvalue weighted by atomic mass is 16.7. The Kier molecular flexibility index (Phi) is 9.05. The monoisotopic (exact) mass is 384 g/mol. The predicted octanol–water partition coefficient (Wildman–Crippen LogP) is 5.92. The van der Waals surface area contributed by atoms with Crippen LogP contribution in [0.3, 0.4) is 0 Å². The number of hydrogen-bond acceptors (Lipinski definition) is 5. The number of ether oxygens (including phenoxy) is 3. The number of carbonyl (C=O) groups excluding carboxylic acids is 2. The molecule has 0 aliphatic carbocycles. The van der Waals surface area contributed by atoms with Crippen molar-refractivity contribution in [1.29, 1.82) is 0 Å². The third kappa shape index (κ3) is 7.82. The summed E-state index contributed by atoms with van der Waals surface area (Å²) in [5, 5.41) is 0. The lowest BCUT2D eigenvalue weighted by Gasteiger charge is -2.13. The molecule has 1 atom stereocenters. The van der Waals surface area contributed by atoms with Crippen LogP contribution in [0.2, 0.25) is 0 Å². The fraction of sp³-hybridized carbons (Fsp3) is 0.391. The van der Waals surface area contributed by atoms with Gasteiger partial charge in [-0.1, -0.05) is 56.5 Å². The first kappa shape index (κ1) is 21.5. The van der Waals surface area contributed by atoms with E-state index in [4.69, 9.17) is 14.2 Å². The van der Waals surface area contributed by atoms with E-state index in [0.717, 1.165) is 24.8 Å². The van der Waals surface area contributed by atoms with E-state index in [1.54, 1.807) is 24.3 Å². The Balaban J connectivity index is 1.75. The standard InChI is InChI=1S/C23H28O5/c1-3-4-5-7-10-18(2)27-22(24)20-13-15-21(16-14-20)28-23(25)26-17-19-11-8-6-9-12-19/h6,8-9,11-16,18H,3-5,7,10,17H2,1-2H3. The molecule has 0 spiro atoms. The minimum atomic E-state index is -0.792. The first-order valence-corrected chi connectivity index (χ1v) is 9.78. The smallest absolute Gasteiger partial charge is 0.459 e. The van der Waals surface area contributed by atoms with E-state index >= 15 is 0 Å². The molecule has 0 aromatic heterocycles. The van der Waals surface area contributed by atoms with Crippen molar-refractivity contribution in [1.82, 2.24) is 0 Å². The molecule has 0 aliphatic rings. The third-order valence-electron chi connectivity index (χ3n) is 4.26. The minimum Gasteiger partial charge on any atom is -0.459 e. The summed E-state index contributed by atoms with van der Waals surface area (Å²) in [6.45, 7) is 4.21. The van der Waals surface area contributed by atoms with Crippen LogP contribution < -0.4 is 4.74 Å². The van der Waals surface area contributed by atoms with E-state index < -0.39 is 6.16 Å². The molecule has 150 valence electrons. The van der Waals surface area contributed by atoms with E-state index in [9.17, 15) is 9.59 Å². The number of carbonyl (C=O) groups is 2. The highest BCUT2D eigenvalue weighted by molar-refractivity contribution is 5.89. The Hall–Kier alpha value is -2.82. The molecular formula is C23H28O5. The first-order chi connectivity index (χ1) is 13.6. The zero-order chi connectivity index (χ0) is 20.2. The van der Waals surface area contributed by atoms with Crippen LogP contribution in [0, 0.1) is 0 Å². The Labute approximate surface area is 166 Å².